The number of amides is 1. The first kappa shape index (κ1) is 18.8. The second-order valence-electron chi connectivity index (χ2n) is 7.22. The molecule has 1 N–H and O–H groups in total. The fraction of sp³-hybridized carbons (Fsp3) is 0.333. The number of pyridine rings is 1. The summed E-state index contributed by atoms with van der Waals surface area (Å²) in [5, 5.41) is 3.42. The van der Waals surface area contributed by atoms with Gasteiger partial charge in [-0.1, -0.05) is 45.9 Å². The van der Waals surface area contributed by atoms with Crippen LogP contribution in [0.2, 0.25) is 0 Å². The van der Waals surface area contributed by atoms with Gasteiger partial charge in [0.1, 0.15) is 12.9 Å². The first-order valence-corrected chi connectivity index (χ1v) is 9.11. The Morgan fingerprint density at radius 1 is 1.04 bits per heavy atom. The van der Waals surface area contributed by atoms with Crippen LogP contribution < -0.4 is 10.9 Å². The molecule has 0 fully saturated rings. The number of aromatic nitrogens is 3. The fourth-order valence-corrected chi connectivity index (χ4v) is 3.14. The maximum absolute atomic E-state index is 12.7. The molecule has 0 atom stereocenters. The van der Waals surface area contributed by atoms with Crippen molar-refractivity contribution < 1.29 is 4.79 Å². The molecule has 27 heavy (non-hydrogen) atoms. The zero-order valence-electron chi connectivity index (χ0n) is 16.1. The zero-order valence-corrected chi connectivity index (χ0v) is 16.1. The maximum Gasteiger partial charge on any atom is 0.263 e. The van der Waals surface area contributed by atoms with Crippen LogP contribution in [0.25, 0.3) is 11.0 Å². The van der Waals surface area contributed by atoms with E-state index < -0.39 is 0 Å². The Kier molecular flexibility index (Phi) is 5.35. The SMILES string of the molecule is CC(C)c1cccc(C(C)C)c1NC(=O)Cn1cnc2ncccc2c1=O. The molecule has 6 nitrogen and oxygen atoms in total. The van der Waals surface area contributed by atoms with Crippen LogP contribution in [0.4, 0.5) is 5.69 Å². The van der Waals surface area contributed by atoms with Gasteiger partial charge < -0.3 is 5.32 Å². The molecule has 1 aromatic carbocycles. The maximum atomic E-state index is 12.7. The van der Waals surface area contributed by atoms with Crippen LogP contribution in [-0.4, -0.2) is 20.4 Å². The van der Waals surface area contributed by atoms with Gasteiger partial charge >= 0.3 is 0 Å². The normalized spacial score (nSPS) is 11.3. The fourth-order valence-electron chi connectivity index (χ4n) is 3.14. The number of carbonyl (C=O) groups excluding carboxylic acids is 1. The van der Waals surface area contributed by atoms with E-state index in [1.54, 1.807) is 18.3 Å². The molecule has 3 rings (SSSR count). The Balaban J connectivity index is 1.91. The van der Waals surface area contributed by atoms with Crippen LogP contribution in [0.15, 0.2) is 47.7 Å². The Hall–Kier alpha value is -3.02. The quantitative estimate of drug-likeness (QED) is 0.749. The van der Waals surface area contributed by atoms with E-state index >= 15 is 0 Å². The minimum atomic E-state index is -0.274. The summed E-state index contributed by atoms with van der Waals surface area (Å²) in [5.41, 5.74) is 3.12. The molecule has 0 aliphatic rings. The molecular weight excluding hydrogens is 340 g/mol. The van der Waals surface area contributed by atoms with E-state index in [-0.39, 0.29) is 29.8 Å². The molecule has 3 aromatic rings. The second kappa shape index (κ2) is 7.70. The van der Waals surface area contributed by atoms with Gasteiger partial charge in [0, 0.05) is 11.9 Å². The minimum Gasteiger partial charge on any atom is -0.324 e. The van der Waals surface area contributed by atoms with Gasteiger partial charge in [-0.3, -0.25) is 14.2 Å². The average Bonchev–Trinajstić information content (AvgIpc) is 2.64. The van der Waals surface area contributed by atoms with E-state index in [0.717, 1.165) is 16.8 Å². The zero-order chi connectivity index (χ0) is 19.6. The number of rotatable bonds is 5. The summed E-state index contributed by atoms with van der Waals surface area (Å²) in [6.45, 7) is 8.29. The molecule has 0 aliphatic carbocycles. The Morgan fingerprint density at radius 3 is 2.33 bits per heavy atom. The highest BCUT2D eigenvalue weighted by Crippen LogP contribution is 2.32. The lowest BCUT2D eigenvalue weighted by molar-refractivity contribution is -0.116. The molecule has 0 saturated heterocycles. The number of para-hydroxylation sites is 1. The topological polar surface area (TPSA) is 76.9 Å². The van der Waals surface area contributed by atoms with Crippen LogP contribution in [0.3, 0.4) is 0 Å². The molecule has 1 amide bonds. The summed E-state index contributed by atoms with van der Waals surface area (Å²) < 4.78 is 1.31. The molecule has 2 heterocycles. The van der Waals surface area contributed by atoms with Gasteiger partial charge in [-0.05, 0) is 35.1 Å². The van der Waals surface area contributed by atoms with Gasteiger partial charge in [0.2, 0.25) is 5.91 Å². The summed E-state index contributed by atoms with van der Waals surface area (Å²) in [7, 11) is 0. The van der Waals surface area contributed by atoms with E-state index in [2.05, 4.69) is 43.0 Å². The van der Waals surface area contributed by atoms with Crippen molar-refractivity contribution in [3.05, 3.63) is 64.3 Å². The molecule has 0 unspecified atom stereocenters. The van der Waals surface area contributed by atoms with Crippen LogP contribution in [0.1, 0.15) is 50.7 Å². The number of carbonyl (C=O) groups is 1. The van der Waals surface area contributed by atoms with Crippen LogP contribution >= 0.6 is 0 Å². The number of nitrogens with one attached hydrogen (secondary N) is 1. The minimum absolute atomic E-state index is 0.0966. The van der Waals surface area contributed by atoms with Crippen molar-refractivity contribution in [3.8, 4) is 0 Å². The predicted octanol–water partition coefficient (Wildman–Crippen LogP) is 3.68. The number of nitrogens with zero attached hydrogens (tertiary/aromatic N) is 3. The van der Waals surface area contributed by atoms with Crippen molar-refractivity contribution in [2.75, 3.05) is 5.32 Å². The molecular formula is C21H24N4O2. The Morgan fingerprint density at radius 2 is 1.70 bits per heavy atom. The third-order valence-corrected chi connectivity index (χ3v) is 4.55. The van der Waals surface area contributed by atoms with Crippen molar-refractivity contribution in [2.45, 2.75) is 46.1 Å². The highest BCUT2D eigenvalue weighted by atomic mass is 16.2. The lowest BCUT2D eigenvalue weighted by atomic mass is 9.92. The standard InChI is InChI=1S/C21H24N4O2/c1-13(2)15-7-5-8-16(14(3)4)19(15)24-18(26)11-25-12-23-20-17(21(25)27)9-6-10-22-20/h5-10,12-14H,11H2,1-4H3,(H,24,26). The highest BCUT2D eigenvalue weighted by molar-refractivity contribution is 5.92. The number of hydrogen-bond donors (Lipinski definition) is 1. The van der Waals surface area contributed by atoms with Gasteiger partial charge in [-0.25, -0.2) is 9.97 Å². The van der Waals surface area contributed by atoms with Gasteiger partial charge in [0.05, 0.1) is 5.39 Å². The van der Waals surface area contributed by atoms with E-state index in [4.69, 9.17) is 0 Å². The van der Waals surface area contributed by atoms with Crippen molar-refractivity contribution in [2.24, 2.45) is 0 Å². The van der Waals surface area contributed by atoms with E-state index in [9.17, 15) is 9.59 Å². The summed E-state index contributed by atoms with van der Waals surface area (Å²) in [6, 6.07) is 9.43. The largest absolute Gasteiger partial charge is 0.324 e. The van der Waals surface area contributed by atoms with Crippen molar-refractivity contribution in [1.29, 1.82) is 0 Å². The number of anilines is 1. The van der Waals surface area contributed by atoms with Crippen LogP contribution in [0, 0.1) is 0 Å². The van der Waals surface area contributed by atoms with E-state index in [1.807, 2.05) is 18.2 Å². The van der Waals surface area contributed by atoms with Crippen LogP contribution in [-0.2, 0) is 11.3 Å². The monoisotopic (exact) mass is 364 g/mol. The van der Waals surface area contributed by atoms with Crippen molar-refractivity contribution in [3.63, 3.8) is 0 Å². The number of fused-ring (bicyclic) bond motifs is 1. The molecule has 2 aromatic heterocycles. The molecule has 6 heteroatoms. The smallest absolute Gasteiger partial charge is 0.263 e. The van der Waals surface area contributed by atoms with Gasteiger partial charge in [0.15, 0.2) is 5.65 Å². The second-order valence-corrected chi connectivity index (χ2v) is 7.22. The van der Waals surface area contributed by atoms with Crippen LogP contribution in [0.5, 0.6) is 0 Å². The summed E-state index contributed by atoms with van der Waals surface area (Å²) in [4.78, 5) is 33.5. The first-order chi connectivity index (χ1) is 12.9. The van der Waals surface area contributed by atoms with Crippen molar-refractivity contribution >= 4 is 22.6 Å². The average molecular weight is 364 g/mol. The number of benzene rings is 1. The summed E-state index contributed by atoms with van der Waals surface area (Å²) >= 11 is 0. The lowest BCUT2D eigenvalue weighted by Gasteiger charge is -2.20. The predicted molar refractivity (Wildman–Crippen MR) is 107 cm³/mol. The Labute approximate surface area is 158 Å². The summed E-state index contributed by atoms with van der Waals surface area (Å²) in [6.07, 6.45) is 2.96. The molecule has 0 radical (unpaired) electrons. The van der Waals surface area contributed by atoms with E-state index in [0.29, 0.717) is 11.0 Å². The van der Waals surface area contributed by atoms with Gasteiger partial charge in [0.25, 0.3) is 5.56 Å². The lowest BCUT2D eigenvalue weighted by Crippen LogP contribution is -2.28. The molecule has 0 saturated carbocycles. The molecule has 140 valence electrons. The molecule has 0 bridgehead atoms. The highest BCUT2D eigenvalue weighted by Gasteiger charge is 2.16. The first-order valence-electron chi connectivity index (χ1n) is 9.11. The van der Waals surface area contributed by atoms with Gasteiger partial charge in [-0.2, -0.15) is 0 Å². The number of hydrogen-bond acceptors (Lipinski definition) is 4. The third-order valence-electron chi connectivity index (χ3n) is 4.55. The van der Waals surface area contributed by atoms with E-state index in [1.165, 1.54) is 10.9 Å². The molecule has 0 aliphatic heterocycles. The van der Waals surface area contributed by atoms with Gasteiger partial charge in [-0.15, -0.1) is 0 Å². The summed E-state index contributed by atoms with van der Waals surface area (Å²) in [5.74, 6) is 0.294. The van der Waals surface area contributed by atoms with Crippen molar-refractivity contribution in [1.82, 2.24) is 14.5 Å². The Bertz CT molecular complexity index is 1010. The third kappa shape index (κ3) is 3.89. The molecule has 0 spiro atoms.